The Kier molecular flexibility index (Phi) is 6.47. The summed E-state index contributed by atoms with van der Waals surface area (Å²) in [6, 6.07) is 1.96. The molecule has 124 valence electrons. The van der Waals surface area contributed by atoms with E-state index in [1.54, 1.807) is 0 Å². The highest BCUT2D eigenvalue weighted by Crippen LogP contribution is 2.33. The Balaban J connectivity index is 2.05. The van der Waals surface area contributed by atoms with Crippen molar-refractivity contribution >= 4 is 28.0 Å². The molecule has 0 atom stereocenters. The first-order valence-corrected chi connectivity index (χ1v) is 8.87. The van der Waals surface area contributed by atoms with Gasteiger partial charge in [0.2, 0.25) is 5.88 Å². The van der Waals surface area contributed by atoms with Crippen LogP contribution < -0.4 is 4.74 Å². The van der Waals surface area contributed by atoms with E-state index in [2.05, 4.69) is 38.8 Å². The maximum Gasteiger partial charge on any atom is 0.228 e. The van der Waals surface area contributed by atoms with Crippen LogP contribution in [0.1, 0.15) is 38.3 Å². The lowest BCUT2D eigenvalue weighted by molar-refractivity contribution is 0.136. The van der Waals surface area contributed by atoms with Gasteiger partial charge >= 0.3 is 0 Å². The van der Waals surface area contributed by atoms with Crippen LogP contribution in [0.4, 0.5) is 5.69 Å². The first-order chi connectivity index (χ1) is 11.0. The molecule has 0 N–H and O–H groups in total. The number of terminal acetylenes is 1. The van der Waals surface area contributed by atoms with Gasteiger partial charge in [0.1, 0.15) is 6.10 Å². The highest BCUT2D eigenvalue weighted by molar-refractivity contribution is 9.10. The molecule has 23 heavy (non-hydrogen) atoms. The molecule has 1 saturated carbocycles. The first kappa shape index (κ1) is 17.8. The van der Waals surface area contributed by atoms with Crippen LogP contribution in [-0.4, -0.2) is 35.9 Å². The van der Waals surface area contributed by atoms with Gasteiger partial charge in [-0.15, -0.1) is 12.3 Å². The van der Waals surface area contributed by atoms with Crippen LogP contribution in [0.15, 0.2) is 15.5 Å². The summed E-state index contributed by atoms with van der Waals surface area (Å²) in [6.45, 7) is 4.95. The highest BCUT2D eigenvalue weighted by Gasteiger charge is 2.22. The molecule has 0 unspecified atom stereocenters. The summed E-state index contributed by atoms with van der Waals surface area (Å²) in [4.78, 5) is 11.1. The Morgan fingerprint density at radius 1 is 1.48 bits per heavy atom. The van der Waals surface area contributed by atoms with Crippen molar-refractivity contribution in [2.24, 2.45) is 10.9 Å². The lowest BCUT2D eigenvalue weighted by Crippen LogP contribution is -2.24. The minimum atomic E-state index is 0.198. The highest BCUT2D eigenvalue weighted by atomic mass is 79.9. The third kappa shape index (κ3) is 4.97. The zero-order valence-corrected chi connectivity index (χ0v) is 15.6. The smallest absolute Gasteiger partial charge is 0.228 e. The van der Waals surface area contributed by atoms with Crippen molar-refractivity contribution in [1.82, 2.24) is 9.88 Å². The minimum Gasteiger partial charge on any atom is -0.474 e. The summed E-state index contributed by atoms with van der Waals surface area (Å²) in [5, 5.41) is 0. The average molecular weight is 378 g/mol. The third-order valence-electron chi connectivity index (χ3n) is 4.19. The van der Waals surface area contributed by atoms with Crippen molar-refractivity contribution in [3.05, 3.63) is 16.2 Å². The summed E-state index contributed by atoms with van der Waals surface area (Å²) in [7, 11) is 1.99. The molecule has 1 aromatic rings. The number of halogens is 1. The molecule has 0 aliphatic heterocycles. The van der Waals surface area contributed by atoms with Gasteiger partial charge in [-0.2, -0.15) is 0 Å². The number of aryl methyl sites for hydroxylation is 1. The number of rotatable bonds is 5. The number of hydrogen-bond acceptors (Lipinski definition) is 3. The number of hydrogen-bond donors (Lipinski definition) is 0. The molecule has 1 aliphatic rings. The Labute approximate surface area is 147 Å². The minimum absolute atomic E-state index is 0.198. The number of aliphatic imine (C=N–C) groups is 1. The summed E-state index contributed by atoms with van der Waals surface area (Å²) < 4.78 is 6.91. The second-order valence-electron chi connectivity index (χ2n) is 5.96. The largest absolute Gasteiger partial charge is 0.474 e. The standard InChI is InChI=1S/C18H24BrN3O/c1-5-14-7-9-15(10-8-14)23-18-16(19)11-17(13(3)21-18)20-12-22(4)6-2/h1,11-12,14-15H,6-10H2,2-4H3. The van der Waals surface area contributed by atoms with Crippen molar-refractivity contribution in [1.29, 1.82) is 0 Å². The molecule has 1 heterocycles. The van der Waals surface area contributed by atoms with Crippen molar-refractivity contribution in [3.8, 4) is 18.2 Å². The van der Waals surface area contributed by atoms with E-state index in [9.17, 15) is 0 Å². The van der Waals surface area contributed by atoms with E-state index >= 15 is 0 Å². The van der Waals surface area contributed by atoms with Crippen molar-refractivity contribution in [2.45, 2.75) is 45.6 Å². The normalized spacial score (nSPS) is 21.2. The summed E-state index contributed by atoms with van der Waals surface area (Å²) >= 11 is 3.55. The molecule has 2 rings (SSSR count). The topological polar surface area (TPSA) is 37.7 Å². The van der Waals surface area contributed by atoms with Crippen LogP contribution in [0.25, 0.3) is 0 Å². The van der Waals surface area contributed by atoms with Gasteiger partial charge in [0.25, 0.3) is 0 Å². The van der Waals surface area contributed by atoms with Crippen molar-refractivity contribution < 1.29 is 4.74 Å². The van der Waals surface area contributed by atoms with Crippen LogP contribution in [0.3, 0.4) is 0 Å². The SMILES string of the molecule is C#CC1CCC(Oc2nc(C)c(N=CN(C)CC)cc2Br)CC1. The molecule has 0 spiro atoms. The first-order valence-electron chi connectivity index (χ1n) is 8.07. The molecule has 1 aliphatic carbocycles. The van der Waals surface area contributed by atoms with E-state index in [4.69, 9.17) is 11.2 Å². The van der Waals surface area contributed by atoms with Crippen molar-refractivity contribution in [3.63, 3.8) is 0 Å². The van der Waals surface area contributed by atoms with Crippen molar-refractivity contribution in [2.75, 3.05) is 13.6 Å². The summed E-state index contributed by atoms with van der Waals surface area (Å²) in [5.41, 5.74) is 1.71. The summed E-state index contributed by atoms with van der Waals surface area (Å²) in [6.07, 6.45) is 11.6. The quantitative estimate of drug-likeness (QED) is 0.435. The van der Waals surface area contributed by atoms with Crippen LogP contribution in [0.5, 0.6) is 5.88 Å². The fourth-order valence-electron chi connectivity index (χ4n) is 2.51. The molecule has 0 radical (unpaired) electrons. The molecular weight excluding hydrogens is 354 g/mol. The van der Waals surface area contributed by atoms with Gasteiger partial charge in [0, 0.05) is 19.5 Å². The fourth-order valence-corrected chi connectivity index (χ4v) is 2.91. The number of aromatic nitrogens is 1. The lowest BCUT2D eigenvalue weighted by Gasteiger charge is -2.26. The van der Waals surface area contributed by atoms with Crippen LogP contribution in [0, 0.1) is 25.2 Å². The number of nitrogens with zero attached hydrogens (tertiary/aromatic N) is 3. The van der Waals surface area contributed by atoms with E-state index in [0.29, 0.717) is 11.8 Å². The predicted octanol–water partition coefficient (Wildman–Crippen LogP) is 4.33. The molecule has 1 fully saturated rings. The van der Waals surface area contributed by atoms with E-state index in [1.165, 1.54) is 0 Å². The maximum absolute atomic E-state index is 6.07. The molecule has 4 nitrogen and oxygen atoms in total. The molecule has 5 heteroatoms. The molecule has 0 amide bonds. The maximum atomic E-state index is 6.07. The second kappa shape index (κ2) is 8.35. The van der Waals surface area contributed by atoms with Gasteiger partial charge in [-0.1, -0.05) is 0 Å². The third-order valence-corrected chi connectivity index (χ3v) is 4.76. The Morgan fingerprint density at radius 3 is 2.78 bits per heavy atom. The van der Waals surface area contributed by atoms with Gasteiger partial charge < -0.3 is 9.64 Å². The Bertz CT molecular complexity index is 601. The Morgan fingerprint density at radius 2 is 2.17 bits per heavy atom. The van der Waals surface area contributed by atoms with E-state index < -0.39 is 0 Å². The van der Waals surface area contributed by atoms with Gasteiger partial charge in [-0.3, -0.25) is 0 Å². The zero-order valence-electron chi connectivity index (χ0n) is 14.1. The molecule has 0 saturated heterocycles. The second-order valence-corrected chi connectivity index (χ2v) is 6.81. The number of ether oxygens (including phenoxy) is 1. The predicted molar refractivity (Wildman–Crippen MR) is 98.3 cm³/mol. The summed E-state index contributed by atoms with van der Waals surface area (Å²) in [5.74, 6) is 3.89. The van der Waals surface area contributed by atoms with E-state index in [-0.39, 0.29) is 6.10 Å². The van der Waals surface area contributed by atoms with Gasteiger partial charge in [0.15, 0.2) is 0 Å². The van der Waals surface area contributed by atoms with Crippen LogP contribution in [0.2, 0.25) is 0 Å². The van der Waals surface area contributed by atoms with E-state index in [1.807, 2.05) is 31.3 Å². The fraction of sp³-hybridized carbons (Fsp3) is 0.556. The molecular formula is C18H24BrN3O. The zero-order chi connectivity index (χ0) is 16.8. The van der Waals surface area contributed by atoms with Gasteiger partial charge in [-0.25, -0.2) is 9.98 Å². The van der Waals surface area contributed by atoms with Crippen LogP contribution >= 0.6 is 15.9 Å². The Hall–Kier alpha value is -1.54. The molecule has 0 aromatic carbocycles. The number of pyridine rings is 1. The monoisotopic (exact) mass is 377 g/mol. The molecule has 1 aromatic heterocycles. The molecule has 0 bridgehead atoms. The van der Waals surface area contributed by atoms with E-state index in [0.717, 1.165) is 48.1 Å². The average Bonchev–Trinajstić information content (AvgIpc) is 2.57. The van der Waals surface area contributed by atoms with Gasteiger partial charge in [-0.05, 0) is 61.5 Å². The van der Waals surface area contributed by atoms with Crippen LogP contribution in [-0.2, 0) is 0 Å². The van der Waals surface area contributed by atoms with Gasteiger partial charge in [0.05, 0.1) is 22.2 Å². The lowest BCUT2D eigenvalue weighted by atomic mass is 9.88.